The lowest BCUT2D eigenvalue weighted by Gasteiger charge is -2.32. The van der Waals surface area contributed by atoms with E-state index in [1.807, 2.05) is 57.6 Å². The number of anilines is 1. The van der Waals surface area contributed by atoms with Gasteiger partial charge < -0.3 is 18.9 Å². The molecule has 2 aromatic rings. The van der Waals surface area contributed by atoms with E-state index in [0.29, 0.717) is 18.8 Å². The summed E-state index contributed by atoms with van der Waals surface area (Å²) in [6.07, 6.45) is 2.61. The minimum absolute atomic E-state index is 0.177. The molecule has 172 valence electrons. The molecule has 32 heavy (non-hydrogen) atoms. The average Bonchev–Trinajstić information content (AvgIpc) is 3.22. The molecule has 2 aromatic heterocycles. The summed E-state index contributed by atoms with van der Waals surface area (Å²) in [6, 6.07) is 4.17. The molecular formula is C23H33BN4O4. The fraction of sp³-hybridized carbons (Fsp3) is 0.609. The fourth-order valence-electron chi connectivity index (χ4n) is 4.14. The van der Waals surface area contributed by atoms with E-state index in [1.54, 1.807) is 0 Å². The van der Waals surface area contributed by atoms with Gasteiger partial charge in [0.05, 0.1) is 17.8 Å². The van der Waals surface area contributed by atoms with Gasteiger partial charge in [-0.1, -0.05) is 6.07 Å². The van der Waals surface area contributed by atoms with E-state index in [4.69, 9.17) is 19.0 Å². The Labute approximate surface area is 190 Å². The molecular weight excluding hydrogens is 407 g/mol. The third-order valence-electron chi connectivity index (χ3n) is 6.66. The first-order chi connectivity index (χ1) is 15.0. The van der Waals surface area contributed by atoms with E-state index in [9.17, 15) is 4.79 Å². The first-order valence-corrected chi connectivity index (χ1v) is 11.4. The van der Waals surface area contributed by atoms with Crippen LogP contribution in [0, 0.1) is 0 Å². The molecule has 8 nitrogen and oxygen atoms in total. The first-order valence-electron chi connectivity index (χ1n) is 11.4. The summed E-state index contributed by atoms with van der Waals surface area (Å²) >= 11 is 0. The normalized spacial score (nSPS) is 19.4. The molecule has 0 N–H and O–H groups in total. The van der Waals surface area contributed by atoms with Gasteiger partial charge in [-0.05, 0) is 54.5 Å². The van der Waals surface area contributed by atoms with Crippen LogP contribution in [0.1, 0.15) is 76.3 Å². The standard InChI is InChI=1S/C23H33BN4O4/c1-8-30-21(29)20-17-14-27(12-11-18(17)28(26-20)15(2)3)19-10-9-16(13-25-19)24-31-22(4,5)23(6,7)32-24/h9-10,13,15H,8,11-12,14H2,1-7H3. The maximum absolute atomic E-state index is 12.5. The Kier molecular flexibility index (Phi) is 5.84. The van der Waals surface area contributed by atoms with Gasteiger partial charge in [0.1, 0.15) is 5.82 Å². The van der Waals surface area contributed by atoms with Crippen LogP contribution >= 0.6 is 0 Å². The van der Waals surface area contributed by atoms with Crippen LogP contribution in [0.25, 0.3) is 0 Å². The number of aromatic nitrogens is 3. The molecule has 4 rings (SSSR count). The maximum Gasteiger partial charge on any atom is 0.496 e. The number of hydrogen-bond donors (Lipinski definition) is 0. The highest BCUT2D eigenvalue weighted by molar-refractivity contribution is 6.62. The summed E-state index contributed by atoms with van der Waals surface area (Å²) < 4.78 is 19.5. The molecule has 1 fully saturated rings. The topological polar surface area (TPSA) is 78.7 Å². The zero-order chi connectivity index (χ0) is 23.3. The lowest BCUT2D eigenvalue weighted by atomic mass is 9.80. The Morgan fingerprint density at radius 3 is 2.47 bits per heavy atom. The molecule has 0 unspecified atom stereocenters. The first kappa shape index (κ1) is 22.8. The Morgan fingerprint density at radius 1 is 1.22 bits per heavy atom. The van der Waals surface area contributed by atoms with Gasteiger partial charge in [-0.2, -0.15) is 5.10 Å². The SMILES string of the molecule is CCOC(=O)c1nn(C(C)C)c2c1CN(c1ccc(B3OC(C)(C)C(C)(C)O3)cn1)CC2. The second kappa shape index (κ2) is 8.19. The molecule has 0 atom stereocenters. The Morgan fingerprint density at radius 2 is 1.91 bits per heavy atom. The quantitative estimate of drug-likeness (QED) is 0.523. The highest BCUT2D eigenvalue weighted by Gasteiger charge is 2.51. The number of esters is 1. The van der Waals surface area contributed by atoms with Crippen molar-refractivity contribution in [3.8, 4) is 0 Å². The number of rotatable bonds is 5. The molecule has 0 bridgehead atoms. The van der Waals surface area contributed by atoms with Gasteiger partial charge in [-0.3, -0.25) is 4.68 Å². The van der Waals surface area contributed by atoms with Crippen LogP contribution in [-0.2, 0) is 27.0 Å². The monoisotopic (exact) mass is 440 g/mol. The van der Waals surface area contributed by atoms with Gasteiger partial charge in [-0.25, -0.2) is 9.78 Å². The predicted molar refractivity (Wildman–Crippen MR) is 123 cm³/mol. The predicted octanol–water partition coefficient (Wildman–Crippen LogP) is 2.90. The largest absolute Gasteiger partial charge is 0.496 e. The van der Waals surface area contributed by atoms with E-state index >= 15 is 0 Å². The summed E-state index contributed by atoms with van der Waals surface area (Å²) in [4.78, 5) is 19.4. The van der Waals surface area contributed by atoms with Crippen LogP contribution in [0.5, 0.6) is 0 Å². The van der Waals surface area contributed by atoms with Crippen molar-refractivity contribution in [3.63, 3.8) is 0 Å². The second-order valence-corrected chi connectivity index (χ2v) is 9.74. The zero-order valence-corrected chi connectivity index (χ0v) is 20.1. The average molecular weight is 440 g/mol. The summed E-state index contributed by atoms with van der Waals surface area (Å²) in [7, 11) is -0.436. The van der Waals surface area contributed by atoms with Gasteiger partial charge >= 0.3 is 13.1 Å². The van der Waals surface area contributed by atoms with Crippen LogP contribution in [0.15, 0.2) is 18.3 Å². The van der Waals surface area contributed by atoms with Crippen molar-refractivity contribution in [1.29, 1.82) is 0 Å². The van der Waals surface area contributed by atoms with Gasteiger partial charge in [-0.15, -0.1) is 0 Å². The van der Waals surface area contributed by atoms with Crippen molar-refractivity contribution < 1.29 is 18.8 Å². The van der Waals surface area contributed by atoms with E-state index in [1.165, 1.54) is 0 Å². The van der Waals surface area contributed by atoms with E-state index in [-0.39, 0.29) is 23.2 Å². The van der Waals surface area contributed by atoms with Gasteiger partial charge in [0.25, 0.3) is 0 Å². The summed E-state index contributed by atoms with van der Waals surface area (Å²) in [5, 5.41) is 4.59. The van der Waals surface area contributed by atoms with Crippen molar-refractivity contribution in [1.82, 2.24) is 14.8 Å². The van der Waals surface area contributed by atoms with Gasteiger partial charge in [0.15, 0.2) is 5.69 Å². The van der Waals surface area contributed by atoms with Crippen molar-refractivity contribution in [2.24, 2.45) is 0 Å². The van der Waals surface area contributed by atoms with E-state index in [0.717, 1.165) is 35.5 Å². The van der Waals surface area contributed by atoms with Crippen LogP contribution < -0.4 is 10.4 Å². The van der Waals surface area contributed by atoms with E-state index in [2.05, 4.69) is 23.8 Å². The molecule has 0 aromatic carbocycles. The molecule has 9 heteroatoms. The summed E-state index contributed by atoms with van der Waals surface area (Å²) in [6.45, 7) is 15.8. The minimum Gasteiger partial charge on any atom is -0.461 e. The zero-order valence-electron chi connectivity index (χ0n) is 20.1. The Balaban J connectivity index is 1.56. The van der Waals surface area contributed by atoms with Gasteiger partial charge in [0.2, 0.25) is 0 Å². The number of pyridine rings is 1. The molecule has 2 aliphatic rings. The highest BCUT2D eigenvalue weighted by Crippen LogP contribution is 2.36. The van der Waals surface area contributed by atoms with Crippen LogP contribution in [-0.4, -0.2) is 52.2 Å². The van der Waals surface area contributed by atoms with Gasteiger partial charge in [0, 0.05) is 48.5 Å². The smallest absolute Gasteiger partial charge is 0.461 e. The lowest BCUT2D eigenvalue weighted by molar-refractivity contribution is 0.00578. The molecule has 0 spiro atoms. The van der Waals surface area contributed by atoms with Crippen molar-refractivity contribution >= 4 is 24.4 Å². The van der Waals surface area contributed by atoms with Crippen LogP contribution in [0.2, 0.25) is 0 Å². The second-order valence-electron chi connectivity index (χ2n) is 9.74. The Bertz CT molecular complexity index is 984. The molecule has 0 amide bonds. The summed E-state index contributed by atoms with van der Waals surface area (Å²) in [5.41, 5.74) is 2.56. The summed E-state index contributed by atoms with van der Waals surface area (Å²) in [5.74, 6) is 0.483. The number of fused-ring (bicyclic) bond motifs is 1. The number of hydrogen-bond acceptors (Lipinski definition) is 7. The van der Waals surface area contributed by atoms with Crippen molar-refractivity contribution in [2.45, 2.75) is 78.7 Å². The van der Waals surface area contributed by atoms with Crippen LogP contribution in [0.4, 0.5) is 5.82 Å². The van der Waals surface area contributed by atoms with Crippen molar-refractivity contribution in [2.75, 3.05) is 18.1 Å². The number of carbonyl (C=O) groups is 1. The highest BCUT2D eigenvalue weighted by atomic mass is 16.7. The number of carbonyl (C=O) groups excluding carboxylic acids is 1. The van der Waals surface area contributed by atoms with Crippen LogP contribution in [0.3, 0.4) is 0 Å². The molecule has 0 radical (unpaired) electrons. The number of ether oxygens (including phenoxy) is 1. The minimum atomic E-state index is -0.436. The van der Waals surface area contributed by atoms with Crippen molar-refractivity contribution in [3.05, 3.63) is 35.3 Å². The lowest BCUT2D eigenvalue weighted by Crippen LogP contribution is -2.41. The Hall–Kier alpha value is -2.39. The fourth-order valence-corrected chi connectivity index (χ4v) is 4.14. The number of nitrogens with zero attached hydrogens (tertiary/aromatic N) is 4. The maximum atomic E-state index is 12.5. The molecule has 0 saturated carbocycles. The molecule has 0 aliphatic carbocycles. The third-order valence-corrected chi connectivity index (χ3v) is 6.66. The molecule has 4 heterocycles. The third kappa shape index (κ3) is 3.92. The molecule has 2 aliphatic heterocycles. The molecule has 1 saturated heterocycles. The van der Waals surface area contributed by atoms with E-state index < -0.39 is 7.12 Å².